The number of carbonyl (C=O) groups is 1. The Kier molecular flexibility index (Phi) is 8.46. The van der Waals surface area contributed by atoms with Gasteiger partial charge >= 0.3 is 0 Å². The maximum atomic E-state index is 12.6. The minimum Gasteiger partial charge on any atom is -0.497 e. The number of rotatable bonds is 11. The molecule has 2 aromatic rings. The third kappa shape index (κ3) is 6.08. The van der Waals surface area contributed by atoms with Gasteiger partial charge in [-0.1, -0.05) is 19.1 Å². The standard InChI is InChI=1S/C22H29NO5/c1-5-19(28-18-10-8-9-17(14-18)25-4)22(24)23-15-16-11-12-20(26-6-2)21(13-16)27-7-3/h8-14,19H,5-7,15H2,1-4H3,(H,23,24)/t19-/m1/s1. The monoisotopic (exact) mass is 387 g/mol. The topological polar surface area (TPSA) is 66.0 Å². The lowest BCUT2D eigenvalue weighted by molar-refractivity contribution is -0.128. The molecule has 0 fully saturated rings. The SMILES string of the molecule is CCOc1ccc(CNC(=O)[C@@H](CC)Oc2cccc(OC)c2)cc1OCC. The van der Waals surface area contributed by atoms with Crippen molar-refractivity contribution < 1.29 is 23.7 Å². The summed E-state index contributed by atoms with van der Waals surface area (Å²) >= 11 is 0. The van der Waals surface area contributed by atoms with Crippen LogP contribution in [0.1, 0.15) is 32.8 Å². The van der Waals surface area contributed by atoms with Gasteiger partial charge in [-0.3, -0.25) is 4.79 Å². The number of benzene rings is 2. The zero-order chi connectivity index (χ0) is 20.4. The molecule has 0 aliphatic heterocycles. The molecule has 0 unspecified atom stereocenters. The van der Waals surface area contributed by atoms with Crippen molar-refractivity contribution in [3.05, 3.63) is 48.0 Å². The van der Waals surface area contributed by atoms with Gasteiger partial charge in [0.15, 0.2) is 17.6 Å². The fourth-order valence-corrected chi connectivity index (χ4v) is 2.67. The second kappa shape index (κ2) is 11.1. The lowest BCUT2D eigenvalue weighted by atomic mass is 10.2. The first kappa shape index (κ1) is 21.4. The number of hydrogen-bond acceptors (Lipinski definition) is 5. The number of carbonyl (C=O) groups excluding carboxylic acids is 1. The van der Waals surface area contributed by atoms with E-state index in [0.29, 0.717) is 49.2 Å². The highest BCUT2D eigenvalue weighted by molar-refractivity contribution is 5.81. The first-order valence-electron chi connectivity index (χ1n) is 9.58. The van der Waals surface area contributed by atoms with E-state index < -0.39 is 6.10 Å². The van der Waals surface area contributed by atoms with Crippen LogP contribution in [0.3, 0.4) is 0 Å². The Bertz CT molecular complexity index is 762. The van der Waals surface area contributed by atoms with Gasteiger partial charge in [0.25, 0.3) is 5.91 Å². The van der Waals surface area contributed by atoms with Crippen molar-refractivity contribution in [2.75, 3.05) is 20.3 Å². The highest BCUT2D eigenvalue weighted by atomic mass is 16.5. The molecule has 6 nitrogen and oxygen atoms in total. The van der Waals surface area contributed by atoms with Crippen LogP contribution < -0.4 is 24.3 Å². The first-order chi connectivity index (χ1) is 13.6. The zero-order valence-electron chi connectivity index (χ0n) is 17.0. The van der Waals surface area contributed by atoms with E-state index in [0.717, 1.165) is 5.56 Å². The quantitative estimate of drug-likeness (QED) is 0.632. The summed E-state index contributed by atoms with van der Waals surface area (Å²) in [5.41, 5.74) is 0.927. The molecule has 0 spiro atoms. The summed E-state index contributed by atoms with van der Waals surface area (Å²) in [7, 11) is 1.59. The first-order valence-corrected chi connectivity index (χ1v) is 9.58. The van der Waals surface area contributed by atoms with Gasteiger partial charge in [0.05, 0.1) is 20.3 Å². The lowest BCUT2D eigenvalue weighted by Crippen LogP contribution is -2.37. The summed E-state index contributed by atoms with van der Waals surface area (Å²) in [6.45, 7) is 7.25. The van der Waals surface area contributed by atoms with E-state index in [2.05, 4.69) is 5.32 Å². The Morgan fingerprint density at radius 3 is 2.36 bits per heavy atom. The molecule has 2 rings (SSSR count). The van der Waals surface area contributed by atoms with Gasteiger partial charge < -0.3 is 24.3 Å². The fourth-order valence-electron chi connectivity index (χ4n) is 2.67. The normalized spacial score (nSPS) is 11.4. The van der Waals surface area contributed by atoms with Gasteiger partial charge in [-0.05, 0) is 50.1 Å². The summed E-state index contributed by atoms with van der Waals surface area (Å²) in [6.07, 6.45) is -0.0302. The van der Waals surface area contributed by atoms with Gasteiger partial charge in [0.1, 0.15) is 11.5 Å². The number of ether oxygens (including phenoxy) is 4. The van der Waals surface area contributed by atoms with E-state index in [9.17, 15) is 4.79 Å². The number of hydrogen-bond donors (Lipinski definition) is 1. The van der Waals surface area contributed by atoms with Crippen LogP contribution in [0.2, 0.25) is 0 Å². The smallest absolute Gasteiger partial charge is 0.261 e. The van der Waals surface area contributed by atoms with Crippen LogP contribution in [0.4, 0.5) is 0 Å². The molecule has 0 aromatic heterocycles. The van der Waals surface area contributed by atoms with Crippen LogP contribution in [0.5, 0.6) is 23.0 Å². The highest BCUT2D eigenvalue weighted by Crippen LogP contribution is 2.28. The van der Waals surface area contributed by atoms with Gasteiger partial charge in [-0.25, -0.2) is 0 Å². The Morgan fingerprint density at radius 2 is 1.68 bits per heavy atom. The molecule has 1 N–H and O–H groups in total. The Hall–Kier alpha value is -2.89. The molecular weight excluding hydrogens is 358 g/mol. The minimum atomic E-state index is -0.582. The zero-order valence-corrected chi connectivity index (χ0v) is 17.0. The number of methoxy groups -OCH3 is 1. The van der Waals surface area contributed by atoms with Crippen LogP contribution in [-0.2, 0) is 11.3 Å². The Labute approximate surface area is 166 Å². The second-order valence-corrected chi connectivity index (χ2v) is 6.06. The molecule has 0 aliphatic carbocycles. The molecule has 152 valence electrons. The summed E-state index contributed by atoms with van der Waals surface area (Å²) < 4.78 is 22.2. The molecule has 1 atom stereocenters. The van der Waals surface area contributed by atoms with E-state index in [1.165, 1.54) is 0 Å². The van der Waals surface area contributed by atoms with Crippen molar-refractivity contribution in [2.45, 2.75) is 39.8 Å². The van der Waals surface area contributed by atoms with E-state index in [-0.39, 0.29) is 5.91 Å². The van der Waals surface area contributed by atoms with Crippen molar-refractivity contribution >= 4 is 5.91 Å². The molecule has 2 aromatic carbocycles. The van der Waals surface area contributed by atoms with Crippen LogP contribution in [0.25, 0.3) is 0 Å². The lowest BCUT2D eigenvalue weighted by Gasteiger charge is -2.18. The third-order valence-corrected chi connectivity index (χ3v) is 4.06. The van der Waals surface area contributed by atoms with Gasteiger partial charge in [0.2, 0.25) is 0 Å². The highest BCUT2D eigenvalue weighted by Gasteiger charge is 2.18. The molecule has 0 saturated heterocycles. The minimum absolute atomic E-state index is 0.169. The molecule has 0 heterocycles. The number of nitrogens with one attached hydrogen (secondary N) is 1. The average molecular weight is 387 g/mol. The average Bonchev–Trinajstić information content (AvgIpc) is 2.72. The van der Waals surface area contributed by atoms with Gasteiger partial charge in [-0.15, -0.1) is 0 Å². The Balaban J connectivity index is 1.99. The maximum absolute atomic E-state index is 12.6. The maximum Gasteiger partial charge on any atom is 0.261 e. The molecule has 1 amide bonds. The largest absolute Gasteiger partial charge is 0.497 e. The Morgan fingerprint density at radius 1 is 0.964 bits per heavy atom. The van der Waals surface area contributed by atoms with Crippen LogP contribution in [0.15, 0.2) is 42.5 Å². The molecule has 0 radical (unpaired) electrons. The van der Waals surface area contributed by atoms with Crippen molar-refractivity contribution in [1.82, 2.24) is 5.32 Å². The van der Waals surface area contributed by atoms with Gasteiger partial charge in [-0.2, -0.15) is 0 Å². The second-order valence-electron chi connectivity index (χ2n) is 6.06. The van der Waals surface area contributed by atoms with Crippen molar-refractivity contribution in [2.24, 2.45) is 0 Å². The van der Waals surface area contributed by atoms with Crippen LogP contribution in [-0.4, -0.2) is 32.3 Å². The van der Waals surface area contributed by atoms with E-state index in [1.807, 2.05) is 51.1 Å². The molecule has 0 aliphatic rings. The van der Waals surface area contributed by atoms with Crippen LogP contribution in [0, 0.1) is 0 Å². The van der Waals surface area contributed by atoms with Gasteiger partial charge in [0, 0.05) is 12.6 Å². The van der Waals surface area contributed by atoms with Crippen molar-refractivity contribution in [1.29, 1.82) is 0 Å². The predicted molar refractivity (Wildman–Crippen MR) is 108 cm³/mol. The molecule has 6 heteroatoms. The number of amides is 1. The summed E-state index contributed by atoms with van der Waals surface area (Å²) in [4.78, 5) is 12.6. The third-order valence-electron chi connectivity index (χ3n) is 4.06. The summed E-state index contributed by atoms with van der Waals surface area (Å²) in [6, 6.07) is 12.9. The molecule has 0 bridgehead atoms. The predicted octanol–water partition coefficient (Wildman–Crippen LogP) is 3.97. The fraction of sp³-hybridized carbons (Fsp3) is 0.409. The molecule has 0 saturated carbocycles. The van der Waals surface area contributed by atoms with E-state index in [1.54, 1.807) is 19.2 Å². The van der Waals surface area contributed by atoms with Crippen molar-refractivity contribution in [3.8, 4) is 23.0 Å². The summed E-state index contributed by atoms with van der Waals surface area (Å²) in [5.74, 6) is 2.49. The van der Waals surface area contributed by atoms with E-state index >= 15 is 0 Å². The molecule has 28 heavy (non-hydrogen) atoms. The van der Waals surface area contributed by atoms with E-state index in [4.69, 9.17) is 18.9 Å². The van der Waals surface area contributed by atoms with Crippen molar-refractivity contribution in [3.63, 3.8) is 0 Å². The molecular formula is C22H29NO5. The van der Waals surface area contributed by atoms with Crippen LogP contribution >= 0.6 is 0 Å². The summed E-state index contributed by atoms with van der Waals surface area (Å²) in [5, 5.41) is 2.93.